The van der Waals surface area contributed by atoms with Gasteiger partial charge in [0.15, 0.2) is 5.78 Å². The van der Waals surface area contributed by atoms with Gasteiger partial charge in [0.05, 0.1) is 25.7 Å². The van der Waals surface area contributed by atoms with E-state index in [1.807, 2.05) is 38.1 Å². The van der Waals surface area contributed by atoms with Crippen LogP contribution >= 0.6 is 0 Å². The van der Waals surface area contributed by atoms with Crippen LogP contribution in [0.5, 0.6) is 17.2 Å². The molecular weight excluding hydrogens is 520 g/mol. The molecule has 214 valence electrons. The molecule has 1 heterocycles. The van der Waals surface area contributed by atoms with Gasteiger partial charge in [0.25, 0.3) is 0 Å². The second-order valence-corrected chi connectivity index (χ2v) is 12.0. The van der Waals surface area contributed by atoms with Gasteiger partial charge >= 0.3 is 5.97 Å². The van der Waals surface area contributed by atoms with Crippen molar-refractivity contribution in [1.82, 2.24) is 0 Å². The zero-order valence-corrected chi connectivity index (χ0v) is 24.4. The summed E-state index contributed by atoms with van der Waals surface area (Å²) in [5.74, 6) is 1.61. The molecule has 0 atom stereocenters. The van der Waals surface area contributed by atoms with Gasteiger partial charge in [0.1, 0.15) is 28.6 Å². The second kappa shape index (κ2) is 10.7. The van der Waals surface area contributed by atoms with Crippen LogP contribution in [0.1, 0.15) is 79.4 Å². The molecule has 41 heavy (non-hydrogen) atoms. The summed E-state index contributed by atoms with van der Waals surface area (Å²) in [5.41, 5.74) is 3.57. The fourth-order valence-corrected chi connectivity index (χ4v) is 5.35. The van der Waals surface area contributed by atoms with E-state index in [1.54, 1.807) is 37.4 Å². The lowest BCUT2D eigenvalue weighted by Crippen LogP contribution is -2.29. The lowest BCUT2D eigenvalue weighted by molar-refractivity contribution is -0.133. The number of rotatable bonds is 8. The number of ketones is 1. The number of aliphatic hydroxyl groups is 1. The van der Waals surface area contributed by atoms with Crippen LogP contribution < -0.4 is 14.2 Å². The highest BCUT2D eigenvalue weighted by molar-refractivity contribution is 6.19. The molecule has 0 radical (unpaired) electrons. The molecule has 5 rings (SSSR count). The van der Waals surface area contributed by atoms with Crippen LogP contribution in [0, 0.1) is 0 Å². The van der Waals surface area contributed by atoms with E-state index in [4.69, 9.17) is 23.7 Å². The van der Waals surface area contributed by atoms with Crippen LogP contribution in [0.3, 0.4) is 0 Å². The standard InChI is InChI=1S/C34H36O7/c1-33(2,3)21-8-13-27(38-6)20(16-21)17-29(36)40-23-10-12-25-28(19-23)41-32-30(25)31(37)24-11-9-22(39-15-7-14-35)18-26(24)34(32,4)5/h8-13,16,18-19,35H,7,14-15,17H2,1-6H3. The Morgan fingerprint density at radius 3 is 2.46 bits per heavy atom. The first-order chi connectivity index (χ1) is 19.4. The summed E-state index contributed by atoms with van der Waals surface area (Å²) < 4.78 is 23.3. The van der Waals surface area contributed by atoms with E-state index in [0.717, 1.165) is 16.7 Å². The Morgan fingerprint density at radius 1 is 1.00 bits per heavy atom. The molecule has 0 aliphatic heterocycles. The van der Waals surface area contributed by atoms with Crippen molar-refractivity contribution in [3.05, 3.63) is 88.2 Å². The van der Waals surface area contributed by atoms with Crippen molar-refractivity contribution >= 4 is 22.7 Å². The predicted octanol–water partition coefficient (Wildman–Crippen LogP) is 6.52. The third kappa shape index (κ3) is 5.34. The minimum atomic E-state index is -0.612. The zero-order valence-electron chi connectivity index (χ0n) is 24.4. The SMILES string of the molecule is COc1ccc(C(C)(C)C)cc1CC(=O)Oc1ccc2c3c(oc2c1)C(C)(C)c1cc(OCCCO)ccc1C3=O. The van der Waals surface area contributed by atoms with Gasteiger partial charge in [-0.25, -0.2) is 0 Å². The summed E-state index contributed by atoms with van der Waals surface area (Å²) in [5, 5.41) is 9.73. The van der Waals surface area contributed by atoms with E-state index < -0.39 is 11.4 Å². The molecule has 1 aromatic heterocycles. The van der Waals surface area contributed by atoms with E-state index in [-0.39, 0.29) is 24.2 Å². The zero-order chi connectivity index (χ0) is 29.5. The van der Waals surface area contributed by atoms with E-state index in [9.17, 15) is 9.59 Å². The Bertz CT molecular complexity index is 1640. The Kier molecular flexibility index (Phi) is 7.43. The molecule has 1 N–H and O–H groups in total. The van der Waals surface area contributed by atoms with Crippen LogP contribution in [0.4, 0.5) is 0 Å². The highest BCUT2D eigenvalue weighted by atomic mass is 16.5. The number of hydrogen-bond acceptors (Lipinski definition) is 7. The van der Waals surface area contributed by atoms with Crippen LogP contribution in [-0.4, -0.2) is 37.2 Å². The summed E-state index contributed by atoms with van der Waals surface area (Å²) in [6.45, 7) is 10.8. The van der Waals surface area contributed by atoms with Gasteiger partial charge in [-0.05, 0) is 66.8 Å². The molecule has 3 aromatic carbocycles. The van der Waals surface area contributed by atoms with Gasteiger partial charge in [-0.15, -0.1) is 0 Å². The van der Waals surface area contributed by atoms with Gasteiger partial charge < -0.3 is 23.7 Å². The van der Waals surface area contributed by atoms with Crippen LogP contribution in [-0.2, 0) is 22.0 Å². The van der Waals surface area contributed by atoms with E-state index in [2.05, 4.69) is 20.8 Å². The van der Waals surface area contributed by atoms with Crippen molar-refractivity contribution in [1.29, 1.82) is 0 Å². The average molecular weight is 557 g/mol. The van der Waals surface area contributed by atoms with Crippen LogP contribution in [0.2, 0.25) is 0 Å². The number of ether oxygens (including phenoxy) is 3. The van der Waals surface area contributed by atoms with Crippen molar-refractivity contribution in [2.75, 3.05) is 20.3 Å². The van der Waals surface area contributed by atoms with Crippen molar-refractivity contribution in [2.24, 2.45) is 0 Å². The largest absolute Gasteiger partial charge is 0.496 e. The quantitative estimate of drug-likeness (QED) is 0.150. The van der Waals surface area contributed by atoms with Crippen molar-refractivity contribution in [3.63, 3.8) is 0 Å². The summed E-state index contributed by atoms with van der Waals surface area (Å²) in [6, 6.07) is 16.4. The number of esters is 1. The number of benzene rings is 3. The summed E-state index contributed by atoms with van der Waals surface area (Å²) in [6.07, 6.45) is 0.570. The molecule has 1 aliphatic rings. The van der Waals surface area contributed by atoms with Gasteiger partial charge in [-0.3, -0.25) is 9.59 Å². The predicted molar refractivity (Wildman–Crippen MR) is 156 cm³/mol. The first kappa shape index (κ1) is 28.4. The number of hydrogen-bond donors (Lipinski definition) is 1. The molecule has 0 bridgehead atoms. The smallest absolute Gasteiger partial charge is 0.315 e. The van der Waals surface area contributed by atoms with Gasteiger partial charge in [0, 0.05) is 41.0 Å². The Morgan fingerprint density at radius 2 is 1.76 bits per heavy atom. The Balaban J connectivity index is 1.42. The summed E-state index contributed by atoms with van der Waals surface area (Å²) >= 11 is 0. The monoisotopic (exact) mass is 556 g/mol. The summed E-state index contributed by atoms with van der Waals surface area (Å²) in [7, 11) is 1.58. The number of methoxy groups -OCH3 is 1. The van der Waals surface area contributed by atoms with E-state index in [0.29, 0.717) is 58.1 Å². The van der Waals surface area contributed by atoms with Crippen LogP contribution in [0.25, 0.3) is 11.0 Å². The first-order valence-electron chi connectivity index (χ1n) is 13.8. The number of furan rings is 1. The third-order valence-corrected chi connectivity index (χ3v) is 7.65. The summed E-state index contributed by atoms with van der Waals surface area (Å²) in [4.78, 5) is 26.6. The maximum atomic E-state index is 13.6. The fourth-order valence-electron chi connectivity index (χ4n) is 5.35. The fraction of sp³-hybridized carbons (Fsp3) is 0.353. The lowest BCUT2D eigenvalue weighted by atomic mass is 9.71. The normalized spacial score (nSPS) is 14.0. The molecule has 4 aromatic rings. The number of carbonyl (C=O) groups is 2. The highest BCUT2D eigenvalue weighted by Crippen LogP contribution is 2.46. The lowest BCUT2D eigenvalue weighted by Gasteiger charge is -2.30. The van der Waals surface area contributed by atoms with Crippen molar-refractivity contribution < 1.29 is 33.3 Å². The maximum absolute atomic E-state index is 13.6. The van der Waals surface area contributed by atoms with E-state index >= 15 is 0 Å². The minimum absolute atomic E-state index is 0.0450. The van der Waals surface area contributed by atoms with Crippen molar-refractivity contribution in [2.45, 2.75) is 58.3 Å². The van der Waals surface area contributed by atoms with Gasteiger partial charge in [-0.2, -0.15) is 0 Å². The molecule has 0 fully saturated rings. The molecule has 0 saturated heterocycles. The van der Waals surface area contributed by atoms with Crippen molar-refractivity contribution in [3.8, 4) is 17.2 Å². The van der Waals surface area contributed by atoms with Crippen LogP contribution in [0.15, 0.2) is 59.0 Å². The molecule has 1 aliphatic carbocycles. The molecule has 7 nitrogen and oxygen atoms in total. The highest BCUT2D eigenvalue weighted by Gasteiger charge is 2.41. The molecular formula is C34H36O7. The average Bonchev–Trinajstić information content (AvgIpc) is 3.32. The number of carbonyl (C=O) groups excluding carboxylic acids is 2. The minimum Gasteiger partial charge on any atom is -0.496 e. The maximum Gasteiger partial charge on any atom is 0.315 e. The van der Waals surface area contributed by atoms with Gasteiger partial charge in [-0.1, -0.05) is 32.9 Å². The topological polar surface area (TPSA) is 95.2 Å². The molecule has 0 unspecified atom stereocenters. The third-order valence-electron chi connectivity index (χ3n) is 7.65. The molecule has 0 saturated carbocycles. The van der Waals surface area contributed by atoms with E-state index in [1.165, 1.54) is 0 Å². The molecule has 0 spiro atoms. The number of aliphatic hydroxyl groups excluding tert-OH is 1. The number of fused-ring (bicyclic) bond motifs is 4. The Hall–Kier alpha value is -4.10. The Labute approximate surface area is 240 Å². The second-order valence-electron chi connectivity index (χ2n) is 12.0. The molecule has 0 amide bonds. The molecule has 7 heteroatoms. The first-order valence-corrected chi connectivity index (χ1v) is 13.8. The van der Waals surface area contributed by atoms with Gasteiger partial charge in [0.2, 0.25) is 0 Å².